The molecular formula is C24H25ClF3N3. The van der Waals surface area contributed by atoms with Crippen LogP contribution in [0.25, 0.3) is 22.2 Å². The Morgan fingerprint density at radius 3 is 2.42 bits per heavy atom. The molecule has 0 amide bonds. The number of rotatable bonds is 4. The molecule has 2 N–H and O–H groups in total. The van der Waals surface area contributed by atoms with Gasteiger partial charge in [0.05, 0.1) is 16.8 Å². The topological polar surface area (TPSA) is 51.8 Å². The molecule has 31 heavy (non-hydrogen) atoms. The first-order chi connectivity index (χ1) is 14.5. The number of alkyl halides is 4. The second-order valence-electron chi connectivity index (χ2n) is 9.14. The van der Waals surface area contributed by atoms with Crippen molar-refractivity contribution in [2.24, 2.45) is 11.1 Å². The summed E-state index contributed by atoms with van der Waals surface area (Å²) in [6.45, 7) is 6.46. The number of aryl methyl sites for hydroxylation is 2. The van der Waals surface area contributed by atoms with Crippen LogP contribution in [0.2, 0.25) is 0 Å². The highest BCUT2D eigenvalue weighted by Crippen LogP contribution is 2.56. The molecule has 1 aliphatic carbocycles. The monoisotopic (exact) mass is 447 g/mol. The lowest BCUT2D eigenvalue weighted by molar-refractivity contribution is -0.137. The summed E-state index contributed by atoms with van der Waals surface area (Å²) in [5.74, 6) is 1.04. The van der Waals surface area contributed by atoms with Crippen molar-refractivity contribution in [3.05, 3.63) is 58.9 Å². The van der Waals surface area contributed by atoms with E-state index in [1.54, 1.807) is 13.0 Å². The van der Waals surface area contributed by atoms with Crippen LogP contribution in [0.15, 0.2) is 36.4 Å². The Balaban J connectivity index is 1.88. The molecule has 0 aliphatic heterocycles. The zero-order valence-corrected chi connectivity index (χ0v) is 18.5. The van der Waals surface area contributed by atoms with Gasteiger partial charge in [-0.25, -0.2) is 9.97 Å². The minimum Gasteiger partial charge on any atom is -0.330 e. The van der Waals surface area contributed by atoms with E-state index in [1.165, 1.54) is 6.07 Å². The number of fused-ring (bicyclic) bond motifs is 1. The van der Waals surface area contributed by atoms with Crippen LogP contribution in [0, 0.1) is 19.3 Å². The van der Waals surface area contributed by atoms with Gasteiger partial charge < -0.3 is 5.73 Å². The van der Waals surface area contributed by atoms with Crippen molar-refractivity contribution < 1.29 is 13.2 Å². The highest BCUT2D eigenvalue weighted by atomic mass is 35.5. The molecule has 1 saturated carbocycles. The van der Waals surface area contributed by atoms with Crippen LogP contribution in [0.3, 0.4) is 0 Å². The molecule has 0 unspecified atom stereocenters. The number of hydrogen-bond acceptors (Lipinski definition) is 3. The molecule has 0 radical (unpaired) electrons. The highest BCUT2D eigenvalue weighted by Gasteiger charge is 2.51. The van der Waals surface area contributed by atoms with Crippen molar-refractivity contribution in [3.63, 3.8) is 0 Å². The molecule has 0 saturated heterocycles. The smallest absolute Gasteiger partial charge is 0.330 e. The lowest BCUT2D eigenvalue weighted by Crippen LogP contribution is -2.52. The van der Waals surface area contributed by atoms with Gasteiger partial charge in [-0.3, -0.25) is 0 Å². The van der Waals surface area contributed by atoms with E-state index in [1.807, 2.05) is 13.0 Å². The Bertz CT molecular complexity index is 1140. The summed E-state index contributed by atoms with van der Waals surface area (Å²) >= 11 is 6.18. The summed E-state index contributed by atoms with van der Waals surface area (Å²) < 4.78 is 39.9. The Morgan fingerprint density at radius 1 is 1.10 bits per heavy atom. The van der Waals surface area contributed by atoms with Gasteiger partial charge in [0.1, 0.15) is 5.82 Å². The Labute approximate surface area is 184 Å². The molecule has 0 atom stereocenters. The second kappa shape index (κ2) is 7.45. The van der Waals surface area contributed by atoms with Crippen molar-refractivity contribution in [1.82, 2.24) is 9.97 Å². The predicted molar refractivity (Wildman–Crippen MR) is 118 cm³/mol. The minimum absolute atomic E-state index is 0.0627. The van der Waals surface area contributed by atoms with Crippen molar-refractivity contribution in [1.29, 1.82) is 0 Å². The van der Waals surface area contributed by atoms with Gasteiger partial charge in [-0.15, -0.1) is 11.6 Å². The van der Waals surface area contributed by atoms with E-state index < -0.39 is 11.7 Å². The third-order valence-electron chi connectivity index (χ3n) is 6.51. The van der Waals surface area contributed by atoms with E-state index >= 15 is 0 Å². The fourth-order valence-corrected chi connectivity index (χ4v) is 5.33. The number of hydrogen-bond donors (Lipinski definition) is 1. The molecule has 1 heterocycles. The SMILES string of the molecule is Cc1nc(-c2cccc(C(F)(F)F)c2)c2cc(C3(C)CC(CN)(CCl)C3)cc(C)c2n1. The molecule has 7 heteroatoms. The van der Waals surface area contributed by atoms with E-state index in [-0.39, 0.29) is 10.8 Å². The largest absolute Gasteiger partial charge is 0.416 e. The third-order valence-corrected chi connectivity index (χ3v) is 7.08. The maximum atomic E-state index is 13.3. The highest BCUT2D eigenvalue weighted by molar-refractivity contribution is 6.18. The molecule has 0 spiro atoms. The van der Waals surface area contributed by atoms with E-state index in [0.717, 1.165) is 47.0 Å². The first-order valence-electron chi connectivity index (χ1n) is 10.2. The van der Waals surface area contributed by atoms with Crippen LogP contribution in [0.5, 0.6) is 0 Å². The lowest BCUT2D eigenvalue weighted by atomic mass is 9.52. The average molecular weight is 448 g/mol. The zero-order chi connectivity index (χ0) is 22.6. The van der Waals surface area contributed by atoms with Gasteiger partial charge in [0.15, 0.2) is 0 Å². The third kappa shape index (κ3) is 3.80. The van der Waals surface area contributed by atoms with Crippen molar-refractivity contribution in [3.8, 4) is 11.3 Å². The Kier molecular flexibility index (Phi) is 5.30. The van der Waals surface area contributed by atoms with Crippen LogP contribution >= 0.6 is 11.6 Å². The van der Waals surface area contributed by atoms with Crippen LogP contribution in [-0.2, 0) is 11.6 Å². The van der Waals surface area contributed by atoms with Crippen LogP contribution in [0.4, 0.5) is 13.2 Å². The van der Waals surface area contributed by atoms with Gasteiger partial charge in [0, 0.05) is 16.8 Å². The lowest BCUT2D eigenvalue weighted by Gasteiger charge is -2.54. The van der Waals surface area contributed by atoms with Crippen LogP contribution in [-0.4, -0.2) is 22.4 Å². The molecule has 1 aliphatic rings. The van der Waals surface area contributed by atoms with Gasteiger partial charge in [-0.1, -0.05) is 25.1 Å². The van der Waals surface area contributed by atoms with E-state index in [2.05, 4.69) is 23.0 Å². The Hall–Kier alpha value is -2.18. The fraction of sp³-hybridized carbons (Fsp3) is 0.417. The molecule has 0 bridgehead atoms. The van der Waals surface area contributed by atoms with Gasteiger partial charge in [-0.2, -0.15) is 13.2 Å². The van der Waals surface area contributed by atoms with Crippen molar-refractivity contribution in [2.45, 2.75) is 45.2 Å². The maximum absolute atomic E-state index is 13.3. The van der Waals surface area contributed by atoms with Gasteiger partial charge >= 0.3 is 6.18 Å². The molecule has 1 fully saturated rings. The van der Waals surface area contributed by atoms with E-state index in [9.17, 15) is 13.2 Å². The molecule has 2 aromatic carbocycles. The van der Waals surface area contributed by atoms with Crippen LogP contribution < -0.4 is 5.73 Å². The molecule has 4 rings (SSSR count). The molecular weight excluding hydrogens is 423 g/mol. The van der Waals surface area contributed by atoms with Crippen molar-refractivity contribution in [2.75, 3.05) is 12.4 Å². The summed E-state index contributed by atoms with van der Waals surface area (Å²) in [6, 6.07) is 9.47. The summed E-state index contributed by atoms with van der Waals surface area (Å²) in [6.07, 6.45) is -2.67. The number of halogens is 4. The minimum atomic E-state index is -4.42. The summed E-state index contributed by atoms with van der Waals surface area (Å²) in [4.78, 5) is 9.13. The van der Waals surface area contributed by atoms with Gasteiger partial charge in [0.2, 0.25) is 0 Å². The second-order valence-corrected chi connectivity index (χ2v) is 9.41. The van der Waals surface area contributed by atoms with Crippen LogP contribution in [0.1, 0.15) is 42.3 Å². The molecule has 164 valence electrons. The number of aromatic nitrogens is 2. The first-order valence-corrected chi connectivity index (χ1v) is 10.8. The van der Waals surface area contributed by atoms with Crippen molar-refractivity contribution >= 4 is 22.5 Å². The summed E-state index contributed by atoms with van der Waals surface area (Å²) in [7, 11) is 0. The standard InChI is InChI=1S/C24H25ClF3N3/c1-14-7-18(22(3)10-23(11-22,12-25)13-29)9-19-20(14)30-15(2)31-21(19)16-5-4-6-17(8-16)24(26,27)28/h4-9H,10-13,29H2,1-3H3. The predicted octanol–water partition coefficient (Wildman–Crippen LogP) is 6.17. The maximum Gasteiger partial charge on any atom is 0.416 e. The zero-order valence-electron chi connectivity index (χ0n) is 17.8. The molecule has 3 nitrogen and oxygen atoms in total. The Morgan fingerprint density at radius 2 is 1.81 bits per heavy atom. The first kappa shape index (κ1) is 22.0. The number of nitrogens with two attached hydrogens (primary N) is 1. The van der Waals surface area contributed by atoms with E-state index in [4.69, 9.17) is 17.3 Å². The average Bonchev–Trinajstić information content (AvgIpc) is 2.70. The summed E-state index contributed by atoms with van der Waals surface area (Å²) in [5.41, 5.74) is 8.92. The quantitative estimate of drug-likeness (QED) is 0.487. The molecule has 3 aromatic rings. The van der Waals surface area contributed by atoms with E-state index in [0.29, 0.717) is 29.5 Å². The number of nitrogens with zero attached hydrogens (tertiary/aromatic N) is 2. The molecule has 1 aromatic heterocycles. The van der Waals surface area contributed by atoms with Gasteiger partial charge in [0.25, 0.3) is 0 Å². The fourth-order valence-electron chi connectivity index (χ4n) is 5.03. The number of benzene rings is 2. The van der Waals surface area contributed by atoms with Gasteiger partial charge in [-0.05, 0) is 73.4 Å². The summed E-state index contributed by atoms with van der Waals surface area (Å²) in [5, 5.41) is 0.761. The normalized spacial score (nSPS) is 23.7.